The Kier molecular flexibility index (Phi) is 5.40. The average Bonchev–Trinajstić information content (AvgIpc) is 2.28. The molecule has 1 fully saturated rings. The monoisotopic (exact) mass is 256 g/mol. The van der Waals surface area contributed by atoms with E-state index in [0.29, 0.717) is 13.1 Å². The summed E-state index contributed by atoms with van der Waals surface area (Å²) in [6.45, 7) is 7.06. The summed E-state index contributed by atoms with van der Waals surface area (Å²) in [5.74, 6) is 0.0160. The van der Waals surface area contributed by atoms with Crippen molar-refractivity contribution >= 4 is 11.9 Å². The van der Waals surface area contributed by atoms with Crippen molar-refractivity contribution in [2.24, 2.45) is 5.73 Å². The summed E-state index contributed by atoms with van der Waals surface area (Å²) in [5.41, 5.74) is 5.22. The molecule has 0 aromatic rings. The fourth-order valence-electron chi connectivity index (χ4n) is 2.11. The highest BCUT2D eigenvalue weighted by Crippen LogP contribution is 2.10. The highest BCUT2D eigenvalue weighted by atomic mass is 16.2. The third-order valence-electron chi connectivity index (χ3n) is 3.12. The number of carbonyl (C=O) groups excluding carboxylic acids is 2. The molecule has 1 saturated heterocycles. The Hall–Kier alpha value is -1.30. The lowest BCUT2D eigenvalue weighted by Crippen LogP contribution is -2.52. The van der Waals surface area contributed by atoms with Crippen LogP contribution in [0.4, 0.5) is 4.79 Å². The molecule has 0 aromatic carbocycles. The predicted molar refractivity (Wildman–Crippen MR) is 70.1 cm³/mol. The number of nitrogens with zero attached hydrogens (tertiary/aromatic N) is 1. The molecule has 1 heterocycles. The summed E-state index contributed by atoms with van der Waals surface area (Å²) < 4.78 is 0. The zero-order chi connectivity index (χ0) is 13.7. The summed E-state index contributed by atoms with van der Waals surface area (Å²) in [6, 6.07) is -0.149. The van der Waals surface area contributed by atoms with Crippen molar-refractivity contribution in [3.8, 4) is 0 Å². The smallest absolute Gasteiger partial charge is 0.314 e. The Bertz CT molecular complexity index is 298. The summed E-state index contributed by atoms with van der Waals surface area (Å²) in [5, 5.41) is 6.17. The first-order valence-corrected chi connectivity index (χ1v) is 6.51. The van der Waals surface area contributed by atoms with Gasteiger partial charge in [-0.1, -0.05) is 0 Å². The van der Waals surface area contributed by atoms with Gasteiger partial charge in [0.15, 0.2) is 0 Å². The van der Waals surface area contributed by atoms with Gasteiger partial charge in [0.05, 0.1) is 6.04 Å². The second-order valence-corrected chi connectivity index (χ2v) is 5.15. The fraction of sp³-hybridized carbons (Fsp3) is 0.833. The molecular formula is C12H24N4O2. The van der Waals surface area contributed by atoms with Gasteiger partial charge < -0.3 is 21.3 Å². The van der Waals surface area contributed by atoms with Crippen molar-refractivity contribution in [2.75, 3.05) is 13.1 Å². The predicted octanol–water partition coefficient (Wildman–Crippen LogP) is 0.0322. The van der Waals surface area contributed by atoms with Crippen LogP contribution in [0.5, 0.6) is 0 Å². The van der Waals surface area contributed by atoms with Gasteiger partial charge in [-0.2, -0.15) is 0 Å². The normalized spacial score (nSPS) is 18.8. The standard InChI is InChI=1S/C12H24N4O2/c1-8(2)14-11(17)9(3)15-10-4-6-16(7-5-10)12(13)18/h8-10,15H,4-7H2,1-3H3,(H2,13,18)(H,14,17). The molecule has 4 N–H and O–H groups in total. The molecule has 0 saturated carbocycles. The Balaban J connectivity index is 2.32. The van der Waals surface area contributed by atoms with Crippen molar-refractivity contribution in [3.05, 3.63) is 0 Å². The van der Waals surface area contributed by atoms with Crippen molar-refractivity contribution < 1.29 is 9.59 Å². The van der Waals surface area contributed by atoms with Gasteiger partial charge in [0.25, 0.3) is 0 Å². The van der Waals surface area contributed by atoms with E-state index in [4.69, 9.17) is 5.73 Å². The quantitative estimate of drug-likeness (QED) is 0.663. The largest absolute Gasteiger partial charge is 0.353 e. The number of amides is 3. The zero-order valence-corrected chi connectivity index (χ0v) is 11.4. The zero-order valence-electron chi connectivity index (χ0n) is 11.4. The van der Waals surface area contributed by atoms with Crippen LogP contribution in [-0.4, -0.2) is 48.1 Å². The van der Waals surface area contributed by atoms with E-state index in [1.54, 1.807) is 4.90 Å². The Morgan fingerprint density at radius 2 is 1.78 bits per heavy atom. The van der Waals surface area contributed by atoms with E-state index in [1.807, 2.05) is 20.8 Å². The summed E-state index contributed by atoms with van der Waals surface area (Å²) >= 11 is 0. The molecule has 1 atom stereocenters. The summed E-state index contributed by atoms with van der Waals surface area (Å²) in [7, 11) is 0. The minimum Gasteiger partial charge on any atom is -0.353 e. The maximum atomic E-state index is 11.7. The number of carbonyl (C=O) groups is 2. The van der Waals surface area contributed by atoms with E-state index < -0.39 is 0 Å². The Labute approximate surface area is 108 Å². The van der Waals surface area contributed by atoms with Crippen LogP contribution in [-0.2, 0) is 4.79 Å². The van der Waals surface area contributed by atoms with Gasteiger partial charge in [0.1, 0.15) is 0 Å². The van der Waals surface area contributed by atoms with Crippen LogP contribution >= 0.6 is 0 Å². The number of nitrogens with two attached hydrogens (primary N) is 1. The lowest BCUT2D eigenvalue weighted by atomic mass is 10.0. The molecule has 0 aliphatic carbocycles. The molecule has 1 rings (SSSR count). The summed E-state index contributed by atoms with van der Waals surface area (Å²) in [6.07, 6.45) is 1.67. The second kappa shape index (κ2) is 6.58. The molecule has 104 valence electrons. The van der Waals surface area contributed by atoms with Crippen molar-refractivity contribution in [3.63, 3.8) is 0 Å². The van der Waals surface area contributed by atoms with E-state index in [0.717, 1.165) is 12.8 Å². The molecule has 3 amide bonds. The lowest BCUT2D eigenvalue weighted by Gasteiger charge is -2.32. The van der Waals surface area contributed by atoms with Crippen LogP contribution in [0.3, 0.4) is 0 Å². The van der Waals surface area contributed by atoms with Crippen LogP contribution in [0, 0.1) is 0 Å². The van der Waals surface area contributed by atoms with E-state index in [1.165, 1.54) is 0 Å². The number of nitrogens with one attached hydrogen (secondary N) is 2. The van der Waals surface area contributed by atoms with Crippen molar-refractivity contribution in [2.45, 2.75) is 51.7 Å². The number of primary amides is 1. The van der Waals surface area contributed by atoms with Gasteiger partial charge in [0, 0.05) is 25.2 Å². The average molecular weight is 256 g/mol. The SMILES string of the molecule is CC(C)NC(=O)C(C)NC1CCN(C(N)=O)CC1. The third kappa shape index (κ3) is 4.52. The van der Waals surface area contributed by atoms with Crippen LogP contribution in [0.2, 0.25) is 0 Å². The molecular weight excluding hydrogens is 232 g/mol. The van der Waals surface area contributed by atoms with Gasteiger partial charge in [-0.3, -0.25) is 4.79 Å². The molecule has 1 aliphatic rings. The molecule has 18 heavy (non-hydrogen) atoms. The van der Waals surface area contributed by atoms with Gasteiger partial charge >= 0.3 is 6.03 Å². The maximum Gasteiger partial charge on any atom is 0.314 e. The molecule has 1 aliphatic heterocycles. The number of hydrogen-bond acceptors (Lipinski definition) is 3. The van der Waals surface area contributed by atoms with E-state index in [-0.39, 0.29) is 30.1 Å². The second-order valence-electron chi connectivity index (χ2n) is 5.15. The fourth-order valence-corrected chi connectivity index (χ4v) is 2.11. The van der Waals surface area contributed by atoms with Gasteiger partial charge in [0.2, 0.25) is 5.91 Å². The van der Waals surface area contributed by atoms with Crippen LogP contribution in [0.1, 0.15) is 33.6 Å². The first kappa shape index (κ1) is 14.8. The Morgan fingerprint density at radius 1 is 1.22 bits per heavy atom. The number of hydrogen-bond donors (Lipinski definition) is 3. The lowest BCUT2D eigenvalue weighted by molar-refractivity contribution is -0.123. The number of urea groups is 1. The minimum absolute atomic E-state index is 0.0160. The summed E-state index contributed by atoms with van der Waals surface area (Å²) in [4.78, 5) is 24.4. The van der Waals surface area contributed by atoms with E-state index in [2.05, 4.69) is 10.6 Å². The molecule has 1 unspecified atom stereocenters. The number of piperidine rings is 1. The van der Waals surface area contributed by atoms with Crippen molar-refractivity contribution in [1.29, 1.82) is 0 Å². The molecule has 0 bridgehead atoms. The van der Waals surface area contributed by atoms with Gasteiger partial charge in [-0.15, -0.1) is 0 Å². The van der Waals surface area contributed by atoms with Gasteiger partial charge in [-0.05, 0) is 33.6 Å². The topological polar surface area (TPSA) is 87.5 Å². The van der Waals surface area contributed by atoms with Crippen LogP contribution in [0.25, 0.3) is 0 Å². The third-order valence-corrected chi connectivity index (χ3v) is 3.12. The molecule has 0 spiro atoms. The maximum absolute atomic E-state index is 11.7. The van der Waals surface area contributed by atoms with Crippen LogP contribution in [0.15, 0.2) is 0 Å². The highest BCUT2D eigenvalue weighted by molar-refractivity contribution is 5.81. The molecule has 6 nitrogen and oxygen atoms in total. The number of rotatable bonds is 4. The van der Waals surface area contributed by atoms with Crippen LogP contribution < -0.4 is 16.4 Å². The Morgan fingerprint density at radius 3 is 2.22 bits per heavy atom. The molecule has 6 heteroatoms. The number of likely N-dealkylation sites (tertiary alicyclic amines) is 1. The first-order chi connectivity index (χ1) is 8.40. The van der Waals surface area contributed by atoms with E-state index in [9.17, 15) is 9.59 Å². The van der Waals surface area contributed by atoms with Gasteiger partial charge in [-0.25, -0.2) is 4.79 Å². The van der Waals surface area contributed by atoms with E-state index >= 15 is 0 Å². The molecule has 0 aromatic heterocycles. The first-order valence-electron chi connectivity index (χ1n) is 6.51. The minimum atomic E-state index is -0.362. The van der Waals surface area contributed by atoms with Crippen molar-refractivity contribution in [1.82, 2.24) is 15.5 Å². The molecule has 0 radical (unpaired) electrons. The highest BCUT2D eigenvalue weighted by Gasteiger charge is 2.24.